The number of morpholine rings is 1. The van der Waals surface area contributed by atoms with Crippen LogP contribution >= 0.6 is 0 Å². The minimum atomic E-state index is -0.610. The number of para-hydroxylation sites is 3. The van der Waals surface area contributed by atoms with Crippen LogP contribution in [0.3, 0.4) is 0 Å². The van der Waals surface area contributed by atoms with Gasteiger partial charge in [-0.05, 0) is 42.7 Å². The van der Waals surface area contributed by atoms with E-state index in [2.05, 4.69) is 22.8 Å². The predicted molar refractivity (Wildman–Crippen MR) is 172 cm³/mol. The lowest BCUT2D eigenvalue weighted by atomic mass is 9.96. The molecule has 2 atom stereocenters. The predicted octanol–water partition coefficient (Wildman–Crippen LogP) is 4.39. The standard InChI is InChI=1S/C35H34FN5O5/c36-26-17-24-31-34(32(26)40-12-11-22(19-40)38-30(42)10-9-21-18-37-27-6-2-1-5-23(21)27)46-29-8-4-3-7-28(29)41(31)20-25(33(24)43)35(44)39-13-15-45-16-14-39/h1-8,17,20-22,37H,9-16,18-19H2,(H,38,42). The molecule has 10 nitrogen and oxygen atoms in total. The molecule has 46 heavy (non-hydrogen) atoms. The van der Waals surface area contributed by atoms with Crippen LogP contribution < -0.4 is 25.7 Å². The van der Waals surface area contributed by atoms with Crippen molar-refractivity contribution in [3.05, 3.63) is 88.0 Å². The minimum Gasteiger partial charge on any atom is -0.451 e. The van der Waals surface area contributed by atoms with E-state index in [1.165, 1.54) is 11.6 Å². The summed E-state index contributed by atoms with van der Waals surface area (Å²) in [7, 11) is 0. The number of nitrogens with zero attached hydrogens (tertiary/aromatic N) is 3. The summed E-state index contributed by atoms with van der Waals surface area (Å²) in [6.45, 7) is 3.29. The first kappa shape index (κ1) is 28.6. The molecular weight excluding hydrogens is 589 g/mol. The van der Waals surface area contributed by atoms with Crippen LogP contribution in [0.1, 0.15) is 41.1 Å². The number of benzene rings is 3. The van der Waals surface area contributed by atoms with Gasteiger partial charge in [0.15, 0.2) is 17.3 Å². The molecule has 2 N–H and O–H groups in total. The molecule has 1 aromatic heterocycles. The SMILES string of the molecule is O=C(CCC1CNc2ccccc21)NC1CCN(c2c(F)cc3c(=O)c(C(=O)N4CCOCC4)cn4c3c2Oc2ccccc2-4)C1. The van der Waals surface area contributed by atoms with Gasteiger partial charge in [-0.1, -0.05) is 30.3 Å². The van der Waals surface area contributed by atoms with Crippen molar-refractivity contribution in [2.24, 2.45) is 0 Å². The van der Waals surface area contributed by atoms with E-state index in [0.29, 0.717) is 75.1 Å². The number of aromatic nitrogens is 1. The van der Waals surface area contributed by atoms with E-state index < -0.39 is 17.2 Å². The molecule has 4 aromatic rings. The third kappa shape index (κ3) is 4.86. The van der Waals surface area contributed by atoms with Gasteiger partial charge in [0, 0.05) is 63.0 Å². The van der Waals surface area contributed by atoms with Gasteiger partial charge in [-0.3, -0.25) is 14.4 Å². The highest BCUT2D eigenvalue weighted by atomic mass is 19.1. The molecule has 11 heteroatoms. The molecule has 2 fully saturated rings. The Kier molecular flexibility index (Phi) is 7.12. The van der Waals surface area contributed by atoms with E-state index in [1.807, 2.05) is 35.2 Å². The summed E-state index contributed by atoms with van der Waals surface area (Å²) in [5, 5.41) is 6.64. The number of nitrogens with one attached hydrogen (secondary N) is 2. The minimum absolute atomic E-state index is 0.0203. The van der Waals surface area contributed by atoms with Gasteiger partial charge in [0.25, 0.3) is 5.91 Å². The summed E-state index contributed by atoms with van der Waals surface area (Å²) in [5.74, 6) is -0.0160. The molecule has 0 bridgehead atoms. The van der Waals surface area contributed by atoms with Crippen LogP contribution in [0.4, 0.5) is 15.8 Å². The number of fused-ring (bicyclic) bond motifs is 3. The fourth-order valence-electron chi connectivity index (χ4n) is 7.24. The molecule has 0 spiro atoms. The monoisotopic (exact) mass is 623 g/mol. The van der Waals surface area contributed by atoms with Crippen LogP contribution in [-0.2, 0) is 9.53 Å². The average Bonchev–Trinajstić information content (AvgIpc) is 3.72. The maximum atomic E-state index is 16.1. The summed E-state index contributed by atoms with van der Waals surface area (Å²) >= 11 is 0. The molecule has 2 unspecified atom stereocenters. The van der Waals surface area contributed by atoms with Crippen LogP contribution in [-0.4, -0.2) is 73.3 Å². The largest absolute Gasteiger partial charge is 0.451 e. The van der Waals surface area contributed by atoms with Crippen molar-refractivity contribution in [2.45, 2.75) is 31.2 Å². The molecular formula is C35H34FN5O5. The number of rotatable bonds is 6. The summed E-state index contributed by atoms with van der Waals surface area (Å²) in [6, 6.07) is 16.6. The van der Waals surface area contributed by atoms with Crippen molar-refractivity contribution < 1.29 is 23.5 Å². The fraction of sp³-hybridized carbons (Fsp3) is 0.343. The number of carbonyl (C=O) groups is 2. The lowest BCUT2D eigenvalue weighted by Gasteiger charge is -2.30. The molecule has 0 aliphatic carbocycles. The van der Waals surface area contributed by atoms with E-state index >= 15 is 4.39 Å². The Bertz CT molecular complexity index is 1940. The lowest BCUT2D eigenvalue weighted by molar-refractivity contribution is -0.121. The number of halogens is 1. The maximum Gasteiger partial charge on any atom is 0.259 e. The van der Waals surface area contributed by atoms with Crippen molar-refractivity contribution in [1.29, 1.82) is 0 Å². The first-order valence-electron chi connectivity index (χ1n) is 15.9. The van der Waals surface area contributed by atoms with E-state index in [9.17, 15) is 14.4 Å². The summed E-state index contributed by atoms with van der Waals surface area (Å²) in [5.41, 5.74) is 3.13. The number of pyridine rings is 1. The Morgan fingerprint density at radius 2 is 1.85 bits per heavy atom. The van der Waals surface area contributed by atoms with Crippen LogP contribution in [0, 0.1) is 5.82 Å². The highest BCUT2D eigenvalue weighted by Gasteiger charge is 2.34. The van der Waals surface area contributed by atoms with Gasteiger partial charge in [-0.15, -0.1) is 0 Å². The van der Waals surface area contributed by atoms with Gasteiger partial charge >= 0.3 is 0 Å². The number of hydrogen-bond donors (Lipinski definition) is 2. The van der Waals surface area contributed by atoms with Gasteiger partial charge in [0.05, 0.1) is 24.3 Å². The van der Waals surface area contributed by atoms with Crippen molar-refractivity contribution in [1.82, 2.24) is 14.8 Å². The fourth-order valence-corrected chi connectivity index (χ4v) is 7.24. The number of carbonyl (C=O) groups excluding carboxylic acids is 2. The average molecular weight is 624 g/mol. The highest BCUT2D eigenvalue weighted by Crippen LogP contribution is 2.47. The molecule has 5 heterocycles. The van der Waals surface area contributed by atoms with Crippen molar-refractivity contribution in [2.75, 3.05) is 56.2 Å². The van der Waals surface area contributed by atoms with Gasteiger partial charge in [0.1, 0.15) is 16.8 Å². The Morgan fingerprint density at radius 3 is 2.72 bits per heavy atom. The Hall–Kier alpha value is -4.90. The summed E-state index contributed by atoms with van der Waals surface area (Å²) < 4.78 is 29.6. The van der Waals surface area contributed by atoms with Crippen LogP contribution in [0.2, 0.25) is 0 Å². The second-order valence-corrected chi connectivity index (χ2v) is 12.4. The molecule has 3 aromatic carbocycles. The van der Waals surface area contributed by atoms with E-state index in [0.717, 1.165) is 18.7 Å². The number of hydrogen-bond acceptors (Lipinski definition) is 7. The van der Waals surface area contributed by atoms with E-state index in [-0.39, 0.29) is 34.3 Å². The number of ether oxygens (including phenoxy) is 2. The quantitative estimate of drug-likeness (QED) is 0.289. The maximum absolute atomic E-state index is 16.1. The second kappa shape index (κ2) is 11.5. The van der Waals surface area contributed by atoms with Crippen molar-refractivity contribution in [3.63, 3.8) is 0 Å². The summed E-state index contributed by atoms with van der Waals surface area (Å²) in [6.07, 6.45) is 3.36. The molecule has 8 rings (SSSR count). The Balaban J connectivity index is 1.07. The summed E-state index contributed by atoms with van der Waals surface area (Å²) in [4.78, 5) is 43.7. The van der Waals surface area contributed by atoms with Gasteiger partial charge in [-0.2, -0.15) is 0 Å². The zero-order valence-electron chi connectivity index (χ0n) is 25.3. The highest BCUT2D eigenvalue weighted by molar-refractivity contribution is 6.01. The molecule has 4 aliphatic heterocycles. The number of anilines is 2. The van der Waals surface area contributed by atoms with Gasteiger partial charge in [0.2, 0.25) is 11.3 Å². The van der Waals surface area contributed by atoms with Crippen molar-refractivity contribution in [3.8, 4) is 17.2 Å². The molecule has 4 aliphatic rings. The Labute approximate surface area is 264 Å². The third-order valence-corrected chi connectivity index (χ3v) is 9.57. The Morgan fingerprint density at radius 1 is 1.04 bits per heavy atom. The van der Waals surface area contributed by atoms with Crippen molar-refractivity contribution >= 4 is 34.1 Å². The number of amides is 2. The zero-order valence-corrected chi connectivity index (χ0v) is 25.3. The molecule has 0 saturated carbocycles. The second-order valence-electron chi connectivity index (χ2n) is 12.4. The zero-order chi connectivity index (χ0) is 31.4. The first-order chi connectivity index (χ1) is 22.5. The molecule has 2 saturated heterocycles. The first-order valence-corrected chi connectivity index (χ1v) is 15.9. The smallest absolute Gasteiger partial charge is 0.259 e. The van der Waals surface area contributed by atoms with Gasteiger partial charge < -0.3 is 34.5 Å². The van der Waals surface area contributed by atoms with Crippen LogP contribution in [0.25, 0.3) is 16.6 Å². The van der Waals surface area contributed by atoms with Crippen LogP contribution in [0.15, 0.2) is 65.6 Å². The van der Waals surface area contributed by atoms with Gasteiger partial charge in [-0.25, -0.2) is 4.39 Å². The third-order valence-electron chi connectivity index (χ3n) is 9.57. The van der Waals surface area contributed by atoms with E-state index in [4.69, 9.17) is 9.47 Å². The molecule has 0 radical (unpaired) electrons. The normalized spacial score (nSPS) is 19.8. The topological polar surface area (TPSA) is 105 Å². The van der Waals surface area contributed by atoms with E-state index in [1.54, 1.807) is 21.7 Å². The molecule has 236 valence electrons. The molecule has 2 amide bonds. The lowest BCUT2D eigenvalue weighted by Crippen LogP contribution is -2.42. The van der Waals surface area contributed by atoms with Crippen LogP contribution in [0.5, 0.6) is 11.5 Å².